The molecule has 3 unspecified atom stereocenters. The van der Waals surface area contributed by atoms with Gasteiger partial charge in [-0.3, -0.25) is 19.3 Å². The molecule has 33 heavy (non-hydrogen) atoms. The molecule has 10 nitrogen and oxygen atoms in total. The van der Waals surface area contributed by atoms with Crippen molar-refractivity contribution in [2.45, 2.75) is 18.9 Å². The summed E-state index contributed by atoms with van der Waals surface area (Å²) in [5.41, 5.74) is 0.687. The molecule has 3 aliphatic rings. The summed E-state index contributed by atoms with van der Waals surface area (Å²) in [6.45, 7) is 1.35. The Labute approximate surface area is 191 Å². The molecule has 3 atom stereocenters. The zero-order valence-corrected chi connectivity index (χ0v) is 18.5. The highest BCUT2D eigenvalue weighted by Crippen LogP contribution is 2.35. The number of carbonyl (C=O) groups is 4. The van der Waals surface area contributed by atoms with Crippen LogP contribution in [0.4, 0.5) is 10.5 Å². The average Bonchev–Trinajstić information content (AvgIpc) is 3.08. The molecule has 2 aliphatic heterocycles. The number of piperazine rings is 1. The van der Waals surface area contributed by atoms with Gasteiger partial charge in [-0.15, -0.1) is 0 Å². The summed E-state index contributed by atoms with van der Waals surface area (Å²) in [6.07, 6.45) is 2.68. The largest absolute Gasteiger partial charge is 0.506 e. The quantitative estimate of drug-likeness (QED) is 0.495. The van der Waals surface area contributed by atoms with Gasteiger partial charge in [0, 0.05) is 33.2 Å². The first-order valence-corrected chi connectivity index (χ1v) is 11.1. The number of imide groups is 1. The minimum Gasteiger partial charge on any atom is -0.506 e. The van der Waals surface area contributed by atoms with Gasteiger partial charge >= 0.3 is 6.09 Å². The van der Waals surface area contributed by atoms with Crippen LogP contribution in [0.3, 0.4) is 0 Å². The van der Waals surface area contributed by atoms with Gasteiger partial charge < -0.3 is 25.0 Å². The fourth-order valence-corrected chi connectivity index (χ4v) is 4.67. The van der Waals surface area contributed by atoms with Crippen molar-refractivity contribution in [3.63, 3.8) is 0 Å². The summed E-state index contributed by atoms with van der Waals surface area (Å²) < 4.78 is 5.30. The van der Waals surface area contributed by atoms with Crippen molar-refractivity contribution in [1.29, 1.82) is 0 Å². The van der Waals surface area contributed by atoms with Gasteiger partial charge in [0.25, 0.3) is 5.91 Å². The number of nitrogens with zero attached hydrogens (tertiary/aromatic N) is 3. The van der Waals surface area contributed by atoms with Crippen molar-refractivity contribution < 1.29 is 29.0 Å². The summed E-state index contributed by atoms with van der Waals surface area (Å²) in [4.78, 5) is 55.5. The predicted octanol–water partition coefficient (Wildman–Crippen LogP) is 0.717. The highest BCUT2D eigenvalue weighted by molar-refractivity contribution is 6.06. The van der Waals surface area contributed by atoms with E-state index in [1.807, 2.05) is 29.2 Å². The minimum atomic E-state index is -1.29. The number of carbonyl (C=O) groups excluding carboxylic acids is 4. The van der Waals surface area contributed by atoms with E-state index in [0.717, 1.165) is 4.90 Å². The van der Waals surface area contributed by atoms with Crippen LogP contribution in [-0.2, 0) is 19.1 Å². The highest BCUT2D eigenvalue weighted by atomic mass is 16.6. The Balaban J connectivity index is 1.44. The molecule has 0 spiro atoms. The molecule has 1 aromatic rings. The Kier molecular flexibility index (Phi) is 6.52. The fourth-order valence-electron chi connectivity index (χ4n) is 4.67. The molecule has 2 saturated heterocycles. The number of aromatic hydroxyl groups is 1. The van der Waals surface area contributed by atoms with Gasteiger partial charge in [-0.25, -0.2) is 4.79 Å². The third-order valence-corrected chi connectivity index (χ3v) is 6.49. The summed E-state index contributed by atoms with van der Waals surface area (Å²) >= 11 is 0. The van der Waals surface area contributed by atoms with E-state index in [4.69, 9.17) is 4.74 Å². The summed E-state index contributed by atoms with van der Waals surface area (Å²) in [5.74, 6) is -1.76. The Morgan fingerprint density at radius 3 is 2.24 bits per heavy atom. The molecule has 176 valence electrons. The van der Waals surface area contributed by atoms with Crippen molar-refractivity contribution in [1.82, 2.24) is 15.1 Å². The number of phenols is 1. The van der Waals surface area contributed by atoms with Gasteiger partial charge in [0.05, 0.1) is 24.1 Å². The van der Waals surface area contributed by atoms with Crippen molar-refractivity contribution >= 4 is 29.5 Å². The van der Waals surface area contributed by atoms with E-state index < -0.39 is 29.9 Å². The van der Waals surface area contributed by atoms with E-state index in [1.54, 1.807) is 17.0 Å². The van der Waals surface area contributed by atoms with E-state index >= 15 is 0 Å². The number of amides is 4. The second kappa shape index (κ2) is 9.51. The third-order valence-electron chi connectivity index (χ3n) is 6.49. The number of nitrogens with one attached hydrogen (secondary N) is 1. The van der Waals surface area contributed by atoms with Crippen molar-refractivity contribution in [2.24, 2.45) is 11.8 Å². The van der Waals surface area contributed by atoms with Crippen molar-refractivity contribution in [2.75, 3.05) is 44.7 Å². The molecular formula is C23H28N4O6. The third kappa shape index (κ3) is 4.50. The molecule has 4 rings (SSSR count). The van der Waals surface area contributed by atoms with Crippen LogP contribution in [0.5, 0.6) is 5.75 Å². The zero-order chi connectivity index (χ0) is 23.5. The van der Waals surface area contributed by atoms with Gasteiger partial charge in [0.2, 0.25) is 11.8 Å². The summed E-state index contributed by atoms with van der Waals surface area (Å²) in [7, 11) is 1.38. The normalized spacial score (nSPS) is 23.4. The van der Waals surface area contributed by atoms with E-state index in [2.05, 4.69) is 5.32 Å². The second-order valence-electron chi connectivity index (χ2n) is 8.39. The smallest absolute Gasteiger partial charge is 0.407 e. The summed E-state index contributed by atoms with van der Waals surface area (Å²) in [6, 6.07) is 6.99. The Morgan fingerprint density at radius 2 is 1.67 bits per heavy atom. The Hall–Kier alpha value is -3.56. The monoisotopic (exact) mass is 456 g/mol. The molecule has 2 fully saturated rings. The standard InChI is InChI=1S/C23H28N4O6/c1-24-23(32)33-19(14-27-20(29)15-6-2-3-7-16(15)21(27)30)22(31)26-12-10-25(11-13-26)17-8-4-5-9-18(17)28/h2-5,8-9,15-16,19,28H,6-7,10-14H2,1H3,(H,24,32). The van der Waals surface area contributed by atoms with Crippen LogP contribution in [-0.4, -0.2) is 84.6 Å². The maximum absolute atomic E-state index is 13.3. The van der Waals surface area contributed by atoms with E-state index in [0.29, 0.717) is 44.7 Å². The van der Waals surface area contributed by atoms with Crippen LogP contribution in [0, 0.1) is 11.8 Å². The second-order valence-corrected chi connectivity index (χ2v) is 8.39. The Bertz CT molecular complexity index is 945. The molecule has 0 saturated carbocycles. The maximum Gasteiger partial charge on any atom is 0.407 e. The summed E-state index contributed by atoms with van der Waals surface area (Å²) in [5, 5.41) is 12.4. The van der Waals surface area contributed by atoms with Gasteiger partial charge in [0.15, 0.2) is 6.10 Å². The lowest BCUT2D eigenvalue weighted by Crippen LogP contribution is -2.55. The lowest BCUT2D eigenvalue weighted by Gasteiger charge is -2.37. The van der Waals surface area contributed by atoms with Crippen LogP contribution in [0.15, 0.2) is 36.4 Å². The first kappa shape index (κ1) is 22.6. The molecule has 1 aliphatic carbocycles. The van der Waals surface area contributed by atoms with Crippen LogP contribution in [0.2, 0.25) is 0 Å². The molecule has 2 N–H and O–H groups in total. The van der Waals surface area contributed by atoms with Gasteiger partial charge in [0.1, 0.15) is 5.75 Å². The number of benzene rings is 1. The van der Waals surface area contributed by atoms with Gasteiger partial charge in [-0.1, -0.05) is 24.3 Å². The molecule has 0 bridgehead atoms. The van der Waals surface area contributed by atoms with Crippen LogP contribution in [0.1, 0.15) is 12.8 Å². The number of hydrogen-bond donors (Lipinski definition) is 2. The number of anilines is 1. The molecule has 1 aromatic carbocycles. The fraction of sp³-hybridized carbons (Fsp3) is 0.478. The first-order valence-electron chi connectivity index (χ1n) is 11.1. The number of hydrogen-bond acceptors (Lipinski definition) is 7. The number of alkyl carbamates (subject to hydrolysis) is 1. The lowest BCUT2D eigenvalue weighted by atomic mass is 9.85. The predicted molar refractivity (Wildman–Crippen MR) is 118 cm³/mol. The number of likely N-dealkylation sites (tertiary alicyclic amines) is 1. The van der Waals surface area contributed by atoms with Crippen molar-refractivity contribution in [3.8, 4) is 5.75 Å². The van der Waals surface area contributed by atoms with Gasteiger partial charge in [-0.05, 0) is 25.0 Å². The lowest BCUT2D eigenvalue weighted by molar-refractivity contribution is -0.147. The Morgan fingerprint density at radius 1 is 1.06 bits per heavy atom. The minimum absolute atomic E-state index is 0.167. The number of rotatable bonds is 5. The molecule has 10 heteroatoms. The van der Waals surface area contributed by atoms with Crippen LogP contribution in [0.25, 0.3) is 0 Å². The van der Waals surface area contributed by atoms with E-state index in [1.165, 1.54) is 7.05 Å². The molecule has 2 heterocycles. The average molecular weight is 456 g/mol. The van der Waals surface area contributed by atoms with Gasteiger partial charge in [-0.2, -0.15) is 0 Å². The molecule has 0 radical (unpaired) electrons. The topological polar surface area (TPSA) is 119 Å². The first-order chi connectivity index (χ1) is 15.9. The zero-order valence-electron chi connectivity index (χ0n) is 18.5. The number of phenolic OH excluding ortho intramolecular Hbond substituents is 1. The maximum atomic E-state index is 13.3. The SMILES string of the molecule is CNC(=O)OC(CN1C(=O)C2CC=CCC2C1=O)C(=O)N1CCN(c2ccccc2O)CC1. The van der Waals surface area contributed by atoms with Crippen molar-refractivity contribution in [3.05, 3.63) is 36.4 Å². The van der Waals surface area contributed by atoms with E-state index in [-0.39, 0.29) is 24.1 Å². The number of ether oxygens (including phenoxy) is 1. The van der Waals surface area contributed by atoms with E-state index in [9.17, 15) is 24.3 Å². The molecular weight excluding hydrogens is 428 g/mol. The van der Waals surface area contributed by atoms with Crippen LogP contribution < -0.4 is 10.2 Å². The number of allylic oxidation sites excluding steroid dienone is 2. The number of fused-ring (bicyclic) bond motifs is 1. The number of para-hydroxylation sites is 2. The molecule has 0 aromatic heterocycles. The highest BCUT2D eigenvalue weighted by Gasteiger charge is 2.49. The molecule has 4 amide bonds. The van der Waals surface area contributed by atoms with Crippen LogP contribution >= 0.6 is 0 Å².